The Hall–Kier alpha value is -5.05. The van der Waals surface area contributed by atoms with Crippen molar-refractivity contribution in [3.8, 4) is 0 Å². The van der Waals surface area contributed by atoms with Gasteiger partial charge in [0.1, 0.15) is 17.4 Å². The van der Waals surface area contributed by atoms with E-state index in [1.54, 1.807) is 31.5 Å². The van der Waals surface area contributed by atoms with Gasteiger partial charge < -0.3 is 31.6 Å². The molecule has 5 rings (SSSR count). The van der Waals surface area contributed by atoms with Crippen LogP contribution in [0.1, 0.15) is 74.9 Å². The number of hydrogen-bond donors (Lipinski definition) is 6. The van der Waals surface area contributed by atoms with E-state index in [2.05, 4.69) is 36.6 Å². The number of fused-ring (bicyclic) bond motifs is 3. The maximum Gasteiger partial charge on any atom is 0.418 e. The molecule has 3 amide bonds. The van der Waals surface area contributed by atoms with Crippen LogP contribution in [0.25, 0.3) is 10.9 Å². The molecule has 5 atom stereocenters. The Morgan fingerprint density at radius 3 is 2.34 bits per heavy atom. The average Bonchev–Trinajstić information content (AvgIpc) is 3.55. The van der Waals surface area contributed by atoms with E-state index in [-0.39, 0.29) is 55.1 Å². The molecule has 15 heteroatoms. The summed E-state index contributed by atoms with van der Waals surface area (Å²) in [6.07, 6.45) is -0.258. The van der Waals surface area contributed by atoms with Crippen molar-refractivity contribution in [2.75, 3.05) is 6.54 Å². The van der Waals surface area contributed by atoms with E-state index in [0.29, 0.717) is 41.1 Å². The van der Waals surface area contributed by atoms with Gasteiger partial charge in [0.25, 0.3) is 0 Å². The monoisotopic (exact) mass is 795 g/mol. The van der Waals surface area contributed by atoms with Crippen molar-refractivity contribution < 1.29 is 31.9 Å². The first-order valence-corrected chi connectivity index (χ1v) is 19.3. The lowest BCUT2D eigenvalue weighted by atomic mass is 9.78. The van der Waals surface area contributed by atoms with Crippen LogP contribution in [0, 0.1) is 17.7 Å². The maximum atomic E-state index is 14.8. The molecule has 0 fully saturated rings. The van der Waals surface area contributed by atoms with Crippen LogP contribution in [0.5, 0.6) is 0 Å². The molecule has 0 spiro atoms. The summed E-state index contributed by atoms with van der Waals surface area (Å²) in [7, 11) is 0. The minimum Gasteiger partial charge on any atom is -0.361 e. The Kier molecular flexibility index (Phi) is 13.7. The van der Waals surface area contributed by atoms with Crippen molar-refractivity contribution in [2.45, 2.75) is 96.6 Å². The fourth-order valence-corrected chi connectivity index (χ4v) is 7.21. The maximum absolute atomic E-state index is 14.8. The predicted molar refractivity (Wildman–Crippen MR) is 211 cm³/mol. The van der Waals surface area contributed by atoms with Gasteiger partial charge in [0.2, 0.25) is 17.7 Å². The molecule has 56 heavy (non-hydrogen) atoms. The number of benzene rings is 2. The van der Waals surface area contributed by atoms with Crippen LogP contribution < -0.4 is 26.6 Å². The van der Waals surface area contributed by atoms with Crippen LogP contribution >= 0.6 is 12.2 Å². The number of thiocarbonyl (C=S) groups is 1. The first-order chi connectivity index (χ1) is 26.7. The summed E-state index contributed by atoms with van der Waals surface area (Å²) in [5, 5.41) is 15.9. The molecule has 2 aromatic carbocycles. The summed E-state index contributed by atoms with van der Waals surface area (Å²) in [4.78, 5) is 49.4. The number of aryl methyl sites for hydroxylation is 1. The van der Waals surface area contributed by atoms with Gasteiger partial charge in [-0.3, -0.25) is 19.4 Å². The normalized spacial score (nSPS) is 17.5. The van der Waals surface area contributed by atoms with Crippen molar-refractivity contribution in [3.63, 3.8) is 0 Å². The lowest BCUT2D eigenvalue weighted by molar-refractivity contribution is -0.137. The standard InChI is InChI=1S/C41H49F4N7O3S/c1-5-24(3)33(23-48-39(56)47-22-26-15-18-46-19-16-26)50-38(55)40(17-14-32-29(21-40)28-11-9-12-30(36(28)49-32)41(43,44)45)52-37(54)35(25(4)6-2)51-34(53)20-27-10-7-8-13-31(27)42/h7-13,15-16,18-19,24-25,33,35,49H,5-6,14,17,20-23H2,1-4H3,(H,50,55)(H,51,53)(H,52,54)(H2,47,48,56)/t24-,25?,33?,35-,40+/m0/s1. The summed E-state index contributed by atoms with van der Waals surface area (Å²) < 4.78 is 56.7. The molecule has 0 bridgehead atoms. The zero-order valence-corrected chi connectivity index (χ0v) is 32.7. The van der Waals surface area contributed by atoms with Crippen molar-refractivity contribution in [1.29, 1.82) is 0 Å². The van der Waals surface area contributed by atoms with Crippen molar-refractivity contribution in [2.24, 2.45) is 11.8 Å². The van der Waals surface area contributed by atoms with Crippen LogP contribution in [-0.4, -0.2) is 57.0 Å². The van der Waals surface area contributed by atoms with E-state index in [4.69, 9.17) is 12.2 Å². The van der Waals surface area contributed by atoms with Crippen molar-refractivity contribution >= 4 is 46.0 Å². The van der Waals surface area contributed by atoms with Gasteiger partial charge in [-0.2, -0.15) is 13.2 Å². The Balaban J connectivity index is 1.44. The smallest absolute Gasteiger partial charge is 0.361 e. The number of nitrogens with one attached hydrogen (secondary N) is 6. The summed E-state index contributed by atoms with van der Waals surface area (Å²) in [6, 6.07) is 11.9. The highest BCUT2D eigenvalue weighted by atomic mass is 32.1. The molecule has 0 radical (unpaired) electrons. The molecule has 0 saturated heterocycles. The Morgan fingerprint density at radius 1 is 0.946 bits per heavy atom. The van der Waals surface area contributed by atoms with Crippen LogP contribution in [-0.2, 0) is 46.4 Å². The summed E-state index contributed by atoms with van der Waals surface area (Å²) in [5.74, 6) is -2.71. The Labute approximate surface area is 329 Å². The SMILES string of the molecule is CCC(C)[C@H](NC(=O)Cc1ccccc1F)C(=O)N[C@]1(C(=O)NC(CNC(=S)NCc2ccncc2)[C@@H](C)CC)CCc2[nH]c3c(C(F)(F)F)cccc3c2C1. The first-order valence-electron chi connectivity index (χ1n) is 18.9. The van der Waals surface area contributed by atoms with E-state index >= 15 is 0 Å². The molecule has 6 N–H and O–H groups in total. The molecule has 2 aromatic heterocycles. The molecule has 2 heterocycles. The second-order valence-electron chi connectivity index (χ2n) is 14.6. The van der Waals surface area contributed by atoms with Gasteiger partial charge in [-0.25, -0.2) is 4.39 Å². The topological polar surface area (TPSA) is 140 Å². The van der Waals surface area contributed by atoms with Gasteiger partial charge in [-0.15, -0.1) is 0 Å². The van der Waals surface area contributed by atoms with Gasteiger partial charge in [0.15, 0.2) is 5.11 Å². The molecule has 0 aliphatic heterocycles. The van der Waals surface area contributed by atoms with E-state index in [0.717, 1.165) is 11.6 Å². The third-order valence-corrected chi connectivity index (χ3v) is 11.2. The molecule has 10 nitrogen and oxygen atoms in total. The van der Waals surface area contributed by atoms with Gasteiger partial charge in [0.05, 0.1) is 17.5 Å². The second-order valence-corrected chi connectivity index (χ2v) is 15.0. The highest BCUT2D eigenvalue weighted by Crippen LogP contribution is 2.40. The Bertz CT molecular complexity index is 2030. The number of nitrogens with zero attached hydrogens (tertiary/aromatic N) is 1. The number of pyridine rings is 1. The molecule has 300 valence electrons. The fourth-order valence-electron chi connectivity index (χ4n) is 7.05. The minimum atomic E-state index is -4.62. The molecule has 4 aromatic rings. The van der Waals surface area contributed by atoms with E-state index in [1.165, 1.54) is 24.3 Å². The quantitative estimate of drug-likeness (QED) is 0.0638. The number of amides is 3. The van der Waals surface area contributed by atoms with Gasteiger partial charge >= 0.3 is 6.18 Å². The first kappa shape index (κ1) is 42.1. The lowest BCUT2D eigenvalue weighted by Crippen LogP contribution is -2.67. The van der Waals surface area contributed by atoms with Gasteiger partial charge in [-0.05, 0) is 77.9 Å². The number of carbonyl (C=O) groups is 3. The number of H-pyrrole nitrogens is 1. The second kappa shape index (κ2) is 18.3. The minimum absolute atomic E-state index is 0.0469. The number of rotatable bonds is 15. The van der Waals surface area contributed by atoms with Gasteiger partial charge in [0, 0.05) is 49.0 Å². The number of aromatic amines is 1. The number of para-hydroxylation sites is 1. The van der Waals surface area contributed by atoms with Crippen LogP contribution in [0.4, 0.5) is 17.6 Å². The predicted octanol–water partition coefficient (Wildman–Crippen LogP) is 6.03. The van der Waals surface area contributed by atoms with Crippen molar-refractivity contribution in [3.05, 3.63) is 101 Å². The fraction of sp³-hybridized carbons (Fsp3) is 0.439. The molecular weight excluding hydrogens is 747 g/mol. The highest BCUT2D eigenvalue weighted by Gasteiger charge is 2.47. The Morgan fingerprint density at radius 2 is 1.66 bits per heavy atom. The third-order valence-electron chi connectivity index (χ3n) is 10.9. The van der Waals surface area contributed by atoms with Crippen LogP contribution in [0.15, 0.2) is 67.0 Å². The zero-order chi connectivity index (χ0) is 40.6. The summed E-state index contributed by atoms with van der Waals surface area (Å²) in [5.41, 5.74) is -0.328. The number of halogens is 4. The zero-order valence-electron chi connectivity index (χ0n) is 31.9. The highest BCUT2D eigenvalue weighted by molar-refractivity contribution is 7.80. The molecular formula is C41H49F4N7O3S. The molecule has 0 saturated carbocycles. The lowest BCUT2D eigenvalue weighted by Gasteiger charge is -2.40. The van der Waals surface area contributed by atoms with Gasteiger partial charge in [-0.1, -0.05) is 70.9 Å². The number of alkyl halides is 3. The largest absolute Gasteiger partial charge is 0.418 e. The van der Waals surface area contributed by atoms with E-state index in [1.807, 2.05) is 32.9 Å². The molecule has 2 unspecified atom stereocenters. The number of hydrogen-bond acceptors (Lipinski definition) is 5. The third kappa shape index (κ3) is 10.0. The van der Waals surface area contributed by atoms with Crippen LogP contribution in [0.3, 0.4) is 0 Å². The van der Waals surface area contributed by atoms with Crippen molar-refractivity contribution in [1.82, 2.24) is 36.6 Å². The number of carbonyl (C=O) groups excluding carboxylic acids is 3. The molecule has 1 aliphatic rings. The number of aromatic nitrogens is 2. The van der Waals surface area contributed by atoms with E-state index < -0.39 is 52.9 Å². The summed E-state index contributed by atoms with van der Waals surface area (Å²) in [6.45, 7) is 8.32. The van der Waals surface area contributed by atoms with E-state index in [9.17, 15) is 31.9 Å². The summed E-state index contributed by atoms with van der Waals surface area (Å²) >= 11 is 5.53. The molecule has 1 aliphatic carbocycles. The average molecular weight is 796 g/mol. The van der Waals surface area contributed by atoms with Crippen LogP contribution in [0.2, 0.25) is 0 Å².